The molecule has 0 bridgehead atoms. The third-order valence-corrected chi connectivity index (χ3v) is 2.76. The van der Waals surface area contributed by atoms with Gasteiger partial charge in [0.25, 0.3) is 0 Å². The molecule has 0 fully saturated rings. The number of ketones is 1. The molecule has 2 nitrogen and oxygen atoms in total. The number of nitrogens with two attached hydrogens (primary N) is 1. The molecule has 0 aromatic heterocycles. The number of carbonyl (C=O) groups excluding carboxylic acids is 1. The highest BCUT2D eigenvalue weighted by Crippen LogP contribution is 2.35. The summed E-state index contributed by atoms with van der Waals surface area (Å²) in [5.41, 5.74) is 3.54. The molecule has 2 N–H and O–H groups in total. The van der Waals surface area contributed by atoms with Gasteiger partial charge in [-0.3, -0.25) is 4.79 Å². The lowest BCUT2D eigenvalue weighted by Crippen LogP contribution is -2.13. The van der Waals surface area contributed by atoms with Gasteiger partial charge in [0.2, 0.25) is 0 Å². The number of rotatable bonds is 2. The molecule has 6 heteroatoms. The Kier molecular flexibility index (Phi) is 3.48. The zero-order valence-corrected chi connectivity index (χ0v) is 10.0. The second-order valence-corrected chi connectivity index (χ2v) is 4.10. The molecule has 0 saturated heterocycles. The van der Waals surface area contributed by atoms with E-state index in [1.54, 1.807) is 0 Å². The fourth-order valence-electron chi connectivity index (χ4n) is 1.77. The summed E-state index contributed by atoms with van der Waals surface area (Å²) in [5, 5.41) is 0. The lowest BCUT2D eigenvalue weighted by atomic mass is 9.99. The van der Waals surface area contributed by atoms with E-state index in [1.807, 2.05) is 0 Å². The molecular formula is C14H9F4NO. The van der Waals surface area contributed by atoms with Crippen molar-refractivity contribution in [3.8, 4) is 0 Å². The van der Waals surface area contributed by atoms with Gasteiger partial charge < -0.3 is 5.73 Å². The van der Waals surface area contributed by atoms with E-state index in [0.29, 0.717) is 0 Å². The predicted molar refractivity (Wildman–Crippen MR) is 65.7 cm³/mol. The molecule has 2 rings (SSSR count). The van der Waals surface area contributed by atoms with Crippen molar-refractivity contribution in [3.05, 3.63) is 65.0 Å². The highest BCUT2D eigenvalue weighted by molar-refractivity contribution is 6.12. The van der Waals surface area contributed by atoms with E-state index in [-0.39, 0.29) is 11.1 Å². The Bertz CT molecular complexity index is 647. The summed E-state index contributed by atoms with van der Waals surface area (Å²) in [7, 11) is 0. The van der Waals surface area contributed by atoms with Crippen molar-refractivity contribution in [1.29, 1.82) is 0 Å². The molecule has 0 spiro atoms. The van der Waals surface area contributed by atoms with Gasteiger partial charge in [-0.25, -0.2) is 4.39 Å². The first-order valence-electron chi connectivity index (χ1n) is 5.56. The van der Waals surface area contributed by atoms with E-state index in [4.69, 9.17) is 5.73 Å². The van der Waals surface area contributed by atoms with E-state index in [9.17, 15) is 22.4 Å². The molecular weight excluding hydrogens is 274 g/mol. The molecule has 0 saturated carbocycles. The number of hydrogen-bond acceptors (Lipinski definition) is 2. The Morgan fingerprint density at radius 2 is 1.60 bits per heavy atom. The fraction of sp³-hybridized carbons (Fsp3) is 0.0714. The van der Waals surface area contributed by atoms with Crippen molar-refractivity contribution >= 4 is 11.5 Å². The smallest absolute Gasteiger partial charge is 0.398 e. The number of anilines is 1. The summed E-state index contributed by atoms with van der Waals surface area (Å²) in [6.07, 6.45) is -4.64. The minimum atomic E-state index is -4.64. The molecule has 0 radical (unpaired) electrons. The topological polar surface area (TPSA) is 43.1 Å². The molecule has 104 valence electrons. The van der Waals surface area contributed by atoms with E-state index in [2.05, 4.69) is 0 Å². The van der Waals surface area contributed by atoms with Crippen LogP contribution in [0.4, 0.5) is 23.2 Å². The number of hydrogen-bond donors (Lipinski definition) is 1. The van der Waals surface area contributed by atoms with Crippen molar-refractivity contribution in [2.24, 2.45) is 0 Å². The maximum absolute atomic E-state index is 12.8. The summed E-state index contributed by atoms with van der Waals surface area (Å²) in [6, 6.07) is 7.60. The highest BCUT2D eigenvalue weighted by Gasteiger charge is 2.34. The first-order valence-corrected chi connectivity index (χ1v) is 5.56. The number of carbonyl (C=O) groups is 1. The SMILES string of the molecule is Nc1c(C(=O)c2ccc(F)cc2)cccc1C(F)(F)F. The third kappa shape index (κ3) is 2.64. The van der Waals surface area contributed by atoms with Crippen LogP contribution in [0.25, 0.3) is 0 Å². The van der Waals surface area contributed by atoms with Gasteiger partial charge in [0.05, 0.1) is 11.3 Å². The molecule has 0 aliphatic heterocycles. The van der Waals surface area contributed by atoms with E-state index in [1.165, 1.54) is 18.2 Å². The largest absolute Gasteiger partial charge is 0.418 e. The molecule has 2 aromatic carbocycles. The maximum atomic E-state index is 12.8. The fourth-order valence-corrected chi connectivity index (χ4v) is 1.77. The monoisotopic (exact) mass is 283 g/mol. The lowest BCUT2D eigenvalue weighted by molar-refractivity contribution is -0.136. The zero-order valence-electron chi connectivity index (χ0n) is 10.0. The summed E-state index contributed by atoms with van der Waals surface area (Å²) >= 11 is 0. The normalized spacial score (nSPS) is 11.4. The first-order chi connectivity index (χ1) is 9.30. The van der Waals surface area contributed by atoms with Gasteiger partial charge in [0.15, 0.2) is 5.78 Å². The lowest BCUT2D eigenvalue weighted by Gasteiger charge is -2.12. The van der Waals surface area contributed by atoms with Crippen LogP contribution in [0.15, 0.2) is 42.5 Å². The number of alkyl halides is 3. The number of benzene rings is 2. The molecule has 2 aromatic rings. The van der Waals surface area contributed by atoms with Crippen LogP contribution in [-0.4, -0.2) is 5.78 Å². The number of para-hydroxylation sites is 1. The van der Waals surface area contributed by atoms with Gasteiger partial charge in [-0.2, -0.15) is 13.2 Å². The number of halogens is 4. The molecule has 0 heterocycles. The van der Waals surface area contributed by atoms with Crippen LogP contribution in [0.2, 0.25) is 0 Å². The van der Waals surface area contributed by atoms with Gasteiger partial charge in [0, 0.05) is 11.1 Å². The van der Waals surface area contributed by atoms with Crippen LogP contribution in [0, 0.1) is 5.82 Å². The van der Waals surface area contributed by atoms with Crippen molar-refractivity contribution in [3.63, 3.8) is 0 Å². The molecule has 20 heavy (non-hydrogen) atoms. The van der Waals surface area contributed by atoms with Gasteiger partial charge in [-0.05, 0) is 36.4 Å². The van der Waals surface area contributed by atoms with Crippen molar-refractivity contribution in [1.82, 2.24) is 0 Å². The standard InChI is InChI=1S/C14H9F4NO/c15-9-6-4-8(5-7-9)13(20)10-2-1-3-11(12(10)19)14(16,17)18/h1-7H,19H2. The van der Waals surface area contributed by atoms with Crippen LogP contribution in [0.1, 0.15) is 21.5 Å². The summed E-state index contributed by atoms with van der Waals surface area (Å²) in [6.45, 7) is 0. The molecule has 0 aliphatic rings. The Labute approximate surface area is 111 Å². The Balaban J connectivity index is 2.48. The Morgan fingerprint density at radius 1 is 1.00 bits per heavy atom. The highest BCUT2D eigenvalue weighted by atomic mass is 19.4. The summed E-state index contributed by atoms with van der Waals surface area (Å²) in [4.78, 5) is 12.1. The van der Waals surface area contributed by atoms with Crippen LogP contribution >= 0.6 is 0 Å². The van der Waals surface area contributed by atoms with Crippen molar-refractivity contribution in [2.45, 2.75) is 6.18 Å². The van der Waals surface area contributed by atoms with Crippen molar-refractivity contribution < 1.29 is 22.4 Å². The zero-order chi connectivity index (χ0) is 14.9. The third-order valence-electron chi connectivity index (χ3n) is 2.76. The van der Waals surface area contributed by atoms with Gasteiger partial charge >= 0.3 is 6.18 Å². The average molecular weight is 283 g/mol. The average Bonchev–Trinajstić information content (AvgIpc) is 2.37. The molecule has 0 aliphatic carbocycles. The van der Waals surface area contributed by atoms with Gasteiger partial charge in [-0.15, -0.1) is 0 Å². The Morgan fingerprint density at radius 3 is 2.15 bits per heavy atom. The van der Waals surface area contributed by atoms with Crippen molar-refractivity contribution in [2.75, 3.05) is 5.73 Å². The molecule has 0 unspecified atom stereocenters. The minimum Gasteiger partial charge on any atom is -0.398 e. The van der Waals surface area contributed by atoms with Crippen LogP contribution in [0.3, 0.4) is 0 Å². The van der Waals surface area contributed by atoms with Crippen LogP contribution in [0.5, 0.6) is 0 Å². The number of nitrogen functional groups attached to an aromatic ring is 1. The molecule has 0 amide bonds. The summed E-state index contributed by atoms with van der Waals surface area (Å²) in [5.74, 6) is -1.23. The molecule has 0 atom stereocenters. The second-order valence-electron chi connectivity index (χ2n) is 4.10. The van der Waals surface area contributed by atoms with Gasteiger partial charge in [-0.1, -0.05) is 6.07 Å². The minimum absolute atomic E-state index is 0.0671. The Hall–Kier alpha value is -2.37. The van der Waals surface area contributed by atoms with E-state index >= 15 is 0 Å². The maximum Gasteiger partial charge on any atom is 0.418 e. The van der Waals surface area contributed by atoms with Crippen LogP contribution in [-0.2, 0) is 6.18 Å². The second kappa shape index (κ2) is 4.96. The van der Waals surface area contributed by atoms with Crippen LogP contribution < -0.4 is 5.73 Å². The quantitative estimate of drug-likeness (QED) is 0.519. The predicted octanol–water partition coefficient (Wildman–Crippen LogP) is 3.66. The van der Waals surface area contributed by atoms with E-state index in [0.717, 1.165) is 24.3 Å². The summed E-state index contributed by atoms with van der Waals surface area (Å²) < 4.78 is 50.9. The first kappa shape index (κ1) is 14.0. The van der Waals surface area contributed by atoms with Gasteiger partial charge in [0.1, 0.15) is 5.82 Å². The van der Waals surface area contributed by atoms with E-state index < -0.39 is 29.0 Å².